The largest absolute Gasteiger partial charge is 0.329 e. The summed E-state index contributed by atoms with van der Waals surface area (Å²) in [7, 11) is -3.24. The molecular formula is C11H24N2O2S. The molecule has 1 aliphatic carbocycles. The summed E-state index contributed by atoms with van der Waals surface area (Å²) in [5.74, 6) is 1.00. The molecule has 0 aromatic carbocycles. The first kappa shape index (κ1) is 13.9. The molecule has 4 atom stereocenters. The molecule has 3 N–H and O–H groups in total. The summed E-state index contributed by atoms with van der Waals surface area (Å²) in [6, 6.07) is 0.0859. The van der Waals surface area contributed by atoms with Crippen LogP contribution in [0.2, 0.25) is 0 Å². The van der Waals surface area contributed by atoms with Crippen molar-refractivity contribution in [1.82, 2.24) is 4.72 Å². The highest BCUT2D eigenvalue weighted by molar-refractivity contribution is 7.90. The van der Waals surface area contributed by atoms with Crippen LogP contribution < -0.4 is 10.5 Å². The Kier molecular flexibility index (Phi) is 4.76. The summed E-state index contributed by atoms with van der Waals surface area (Å²) in [5.41, 5.74) is 5.41. The van der Waals surface area contributed by atoms with Crippen molar-refractivity contribution in [3.8, 4) is 0 Å². The molecule has 0 aromatic rings. The summed E-state index contributed by atoms with van der Waals surface area (Å²) in [6.07, 6.45) is 3.25. The first-order valence-electron chi connectivity index (χ1n) is 6.09. The lowest BCUT2D eigenvalue weighted by atomic mass is 9.78. The van der Waals surface area contributed by atoms with Crippen LogP contribution in [-0.4, -0.2) is 26.3 Å². The zero-order valence-corrected chi connectivity index (χ0v) is 11.3. The fourth-order valence-corrected chi connectivity index (χ4v) is 3.44. The van der Waals surface area contributed by atoms with Gasteiger partial charge in [-0.15, -0.1) is 0 Å². The number of rotatable bonds is 4. The van der Waals surface area contributed by atoms with Crippen molar-refractivity contribution in [2.24, 2.45) is 17.6 Å². The second kappa shape index (κ2) is 5.47. The molecule has 0 amide bonds. The van der Waals surface area contributed by atoms with E-state index < -0.39 is 15.3 Å². The lowest BCUT2D eigenvalue weighted by Gasteiger charge is -2.34. The predicted octanol–water partition coefficient (Wildman–Crippen LogP) is 1.08. The van der Waals surface area contributed by atoms with Crippen molar-refractivity contribution in [3.05, 3.63) is 0 Å². The summed E-state index contributed by atoms with van der Waals surface area (Å²) in [4.78, 5) is 0. The van der Waals surface area contributed by atoms with Crippen molar-refractivity contribution < 1.29 is 8.42 Å². The number of hydrogen-bond donors (Lipinski definition) is 2. The SMILES string of the molecule is CC1CCCC(NS(=O)(=O)C(C)CN)C1C. The molecule has 0 radical (unpaired) electrons. The Morgan fingerprint density at radius 3 is 2.56 bits per heavy atom. The van der Waals surface area contributed by atoms with E-state index in [4.69, 9.17) is 5.73 Å². The molecule has 5 heteroatoms. The Morgan fingerprint density at radius 1 is 1.38 bits per heavy atom. The second-order valence-electron chi connectivity index (χ2n) is 5.08. The molecule has 1 saturated carbocycles. The highest BCUT2D eigenvalue weighted by Gasteiger charge is 2.31. The smallest absolute Gasteiger partial charge is 0.215 e. The number of sulfonamides is 1. The molecule has 0 aliphatic heterocycles. The van der Waals surface area contributed by atoms with Crippen LogP contribution in [0.1, 0.15) is 40.0 Å². The minimum absolute atomic E-state index is 0.0859. The van der Waals surface area contributed by atoms with E-state index >= 15 is 0 Å². The third-order valence-corrected chi connectivity index (χ3v) is 5.77. The molecule has 0 heterocycles. The van der Waals surface area contributed by atoms with Crippen LogP contribution in [0.4, 0.5) is 0 Å². The van der Waals surface area contributed by atoms with E-state index in [0.717, 1.165) is 12.8 Å². The molecular weight excluding hydrogens is 224 g/mol. The molecule has 0 spiro atoms. The van der Waals surface area contributed by atoms with Gasteiger partial charge in [0.1, 0.15) is 0 Å². The van der Waals surface area contributed by atoms with E-state index in [1.54, 1.807) is 6.92 Å². The number of nitrogens with one attached hydrogen (secondary N) is 1. The lowest BCUT2D eigenvalue weighted by Crippen LogP contribution is -2.47. The summed E-state index contributed by atoms with van der Waals surface area (Å²) in [5, 5.41) is -0.503. The first-order valence-corrected chi connectivity index (χ1v) is 7.64. The first-order chi connectivity index (χ1) is 7.38. The van der Waals surface area contributed by atoms with Gasteiger partial charge in [-0.2, -0.15) is 0 Å². The molecule has 0 aromatic heterocycles. The zero-order chi connectivity index (χ0) is 12.3. The molecule has 1 aliphatic rings. The Balaban J connectivity index is 2.66. The fourth-order valence-electron chi connectivity index (χ4n) is 2.20. The molecule has 4 nitrogen and oxygen atoms in total. The van der Waals surface area contributed by atoms with Crippen LogP contribution >= 0.6 is 0 Å². The van der Waals surface area contributed by atoms with Crippen molar-refractivity contribution in [2.75, 3.05) is 6.54 Å². The third kappa shape index (κ3) is 3.18. The number of hydrogen-bond acceptors (Lipinski definition) is 3. The van der Waals surface area contributed by atoms with Gasteiger partial charge in [-0.1, -0.05) is 26.7 Å². The second-order valence-corrected chi connectivity index (χ2v) is 7.21. The van der Waals surface area contributed by atoms with Crippen LogP contribution in [0.15, 0.2) is 0 Å². The molecule has 96 valence electrons. The van der Waals surface area contributed by atoms with E-state index in [1.807, 2.05) is 0 Å². The highest BCUT2D eigenvalue weighted by Crippen LogP contribution is 2.30. The van der Waals surface area contributed by atoms with Gasteiger partial charge in [0.25, 0.3) is 0 Å². The average molecular weight is 248 g/mol. The molecule has 16 heavy (non-hydrogen) atoms. The zero-order valence-electron chi connectivity index (χ0n) is 10.4. The van der Waals surface area contributed by atoms with Gasteiger partial charge in [0.2, 0.25) is 10.0 Å². The van der Waals surface area contributed by atoms with Gasteiger partial charge in [0.05, 0.1) is 5.25 Å². The monoisotopic (exact) mass is 248 g/mol. The van der Waals surface area contributed by atoms with E-state index in [-0.39, 0.29) is 12.6 Å². The third-order valence-electron chi connectivity index (χ3n) is 3.88. The van der Waals surface area contributed by atoms with Crippen LogP contribution in [0.3, 0.4) is 0 Å². The van der Waals surface area contributed by atoms with Gasteiger partial charge in [-0.05, 0) is 25.2 Å². The summed E-state index contributed by atoms with van der Waals surface area (Å²) >= 11 is 0. The number of nitrogens with two attached hydrogens (primary N) is 1. The lowest BCUT2D eigenvalue weighted by molar-refractivity contribution is 0.226. The van der Waals surface area contributed by atoms with Crippen LogP contribution in [0.5, 0.6) is 0 Å². The Morgan fingerprint density at radius 2 is 2.00 bits per heavy atom. The maximum Gasteiger partial charge on any atom is 0.215 e. The van der Waals surface area contributed by atoms with E-state index in [2.05, 4.69) is 18.6 Å². The van der Waals surface area contributed by atoms with Crippen LogP contribution in [0, 0.1) is 11.8 Å². The minimum Gasteiger partial charge on any atom is -0.329 e. The highest BCUT2D eigenvalue weighted by atomic mass is 32.2. The van der Waals surface area contributed by atoms with Crippen LogP contribution in [-0.2, 0) is 10.0 Å². The van der Waals surface area contributed by atoms with Gasteiger partial charge in [-0.3, -0.25) is 0 Å². The fraction of sp³-hybridized carbons (Fsp3) is 1.00. The quantitative estimate of drug-likeness (QED) is 0.782. The van der Waals surface area contributed by atoms with E-state index in [9.17, 15) is 8.42 Å². The molecule has 4 unspecified atom stereocenters. The van der Waals surface area contributed by atoms with Gasteiger partial charge in [0.15, 0.2) is 0 Å². The summed E-state index contributed by atoms with van der Waals surface area (Å²) < 4.78 is 26.6. The Bertz CT molecular complexity index is 316. The molecule has 0 saturated heterocycles. The summed E-state index contributed by atoms with van der Waals surface area (Å²) in [6.45, 7) is 6.15. The Labute approximate surface area is 99.0 Å². The average Bonchev–Trinajstić information content (AvgIpc) is 2.23. The molecule has 0 bridgehead atoms. The van der Waals surface area contributed by atoms with Gasteiger partial charge >= 0.3 is 0 Å². The van der Waals surface area contributed by atoms with Gasteiger partial charge in [0, 0.05) is 12.6 Å². The molecule has 1 fully saturated rings. The van der Waals surface area contributed by atoms with Crippen molar-refractivity contribution >= 4 is 10.0 Å². The van der Waals surface area contributed by atoms with Crippen molar-refractivity contribution in [1.29, 1.82) is 0 Å². The maximum absolute atomic E-state index is 11.9. The van der Waals surface area contributed by atoms with Crippen molar-refractivity contribution in [2.45, 2.75) is 51.3 Å². The van der Waals surface area contributed by atoms with Gasteiger partial charge < -0.3 is 5.73 Å². The maximum atomic E-state index is 11.9. The standard InChI is InChI=1S/C11H24N2O2S/c1-8-5-4-6-11(10(8)3)13-16(14,15)9(2)7-12/h8-11,13H,4-7,12H2,1-3H3. The van der Waals surface area contributed by atoms with Crippen molar-refractivity contribution in [3.63, 3.8) is 0 Å². The van der Waals surface area contributed by atoms with E-state index in [0.29, 0.717) is 11.8 Å². The van der Waals surface area contributed by atoms with E-state index in [1.165, 1.54) is 6.42 Å². The predicted molar refractivity (Wildman–Crippen MR) is 66.5 cm³/mol. The normalized spacial score (nSPS) is 33.6. The van der Waals surface area contributed by atoms with Crippen LogP contribution in [0.25, 0.3) is 0 Å². The topological polar surface area (TPSA) is 72.2 Å². The minimum atomic E-state index is -3.24. The molecule has 1 rings (SSSR count). The van der Waals surface area contributed by atoms with Gasteiger partial charge in [-0.25, -0.2) is 13.1 Å². The Hall–Kier alpha value is -0.130.